The SMILES string of the molecule is Cc1cc(NC(=O)CCn2cc(CCC(=O)O)nn2)no1. The Morgan fingerprint density at radius 2 is 2.24 bits per heavy atom. The van der Waals surface area contributed by atoms with Crippen molar-refractivity contribution < 1.29 is 19.2 Å². The summed E-state index contributed by atoms with van der Waals surface area (Å²) in [6.07, 6.45) is 2.16. The zero-order valence-electron chi connectivity index (χ0n) is 11.4. The van der Waals surface area contributed by atoms with Crippen molar-refractivity contribution in [2.24, 2.45) is 0 Å². The maximum absolute atomic E-state index is 11.7. The minimum atomic E-state index is -0.883. The third-order valence-corrected chi connectivity index (χ3v) is 2.64. The summed E-state index contributed by atoms with van der Waals surface area (Å²) in [6.45, 7) is 2.08. The van der Waals surface area contributed by atoms with E-state index in [1.54, 1.807) is 19.2 Å². The number of aryl methyl sites for hydroxylation is 3. The minimum Gasteiger partial charge on any atom is -0.481 e. The van der Waals surface area contributed by atoms with E-state index in [9.17, 15) is 9.59 Å². The number of amides is 1. The summed E-state index contributed by atoms with van der Waals surface area (Å²) in [4.78, 5) is 22.1. The van der Waals surface area contributed by atoms with E-state index in [1.807, 2.05) is 0 Å². The molecular weight excluding hydrogens is 278 g/mol. The van der Waals surface area contributed by atoms with E-state index in [2.05, 4.69) is 20.8 Å². The number of carboxylic acid groups (broad SMARTS) is 1. The van der Waals surface area contributed by atoms with E-state index in [4.69, 9.17) is 9.63 Å². The zero-order chi connectivity index (χ0) is 15.2. The molecule has 2 aromatic heterocycles. The molecule has 1 amide bonds. The van der Waals surface area contributed by atoms with E-state index in [1.165, 1.54) is 4.68 Å². The van der Waals surface area contributed by atoms with Gasteiger partial charge in [0.15, 0.2) is 5.82 Å². The number of carbonyl (C=O) groups excluding carboxylic acids is 1. The summed E-state index contributed by atoms with van der Waals surface area (Å²) < 4.78 is 6.34. The molecule has 2 aromatic rings. The molecule has 0 unspecified atom stereocenters. The van der Waals surface area contributed by atoms with Crippen molar-refractivity contribution in [2.75, 3.05) is 5.32 Å². The number of carbonyl (C=O) groups is 2. The van der Waals surface area contributed by atoms with Crippen LogP contribution in [0, 0.1) is 6.92 Å². The van der Waals surface area contributed by atoms with Crippen LogP contribution in [0.1, 0.15) is 24.3 Å². The van der Waals surface area contributed by atoms with E-state index in [0.717, 1.165) is 0 Å². The van der Waals surface area contributed by atoms with Crippen LogP contribution in [0.5, 0.6) is 0 Å². The van der Waals surface area contributed by atoms with Crippen molar-refractivity contribution in [2.45, 2.75) is 32.7 Å². The second-order valence-corrected chi connectivity index (χ2v) is 4.49. The van der Waals surface area contributed by atoms with Gasteiger partial charge in [-0.2, -0.15) is 0 Å². The van der Waals surface area contributed by atoms with Gasteiger partial charge in [0.2, 0.25) is 5.91 Å². The first-order chi connectivity index (χ1) is 10.0. The van der Waals surface area contributed by atoms with Gasteiger partial charge >= 0.3 is 5.97 Å². The van der Waals surface area contributed by atoms with Gasteiger partial charge in [0.05, 0.1) is 18.7 Å². The number of anilines is 1. The van der Waals surface area contributed by atoms with Crippen LogP contribution in [0.25, 0.3) is 0 Å². The number of aliphatic carboxylic acids is 1. The summed E-state index contributed by atoms with van der Waals surface area (Å²) in [5.74, 6) is -0.111. The summed E-state index contributed by atoms with van der Waals surface area (Å²) in [7, 11) is 0. The molecule has 9 nitrogen and oxygen atoms in total. The Hall–Kier alpha value is -2.71. The smallest absolute Gasteiger partial charge is 0.303 e. The normalized spacial score (nSPS) is 10.5. The molecule has 0 fully saturated rings. The molecule has 9 heteroatoms. The first-order valence-corrected chi connectivity index (χ1v) is 6.37. The molecule has 0 aliphatic rings. The second-order valence-electron chi connectivity index (χ2n) is 4.49. The number of nitrogens with one attached hydrogen (secondary N) is 1. The van der Waals surface area contributed by atoms with Gasteiger partial charge in [0.25, 0.3) is 0 Å². The Kier molecular flexibility index (Phi) is 4.64. The molecule has 21 heavy (non-hydrogen) atoms. The largest absolute Gasteiger partial charge is 0.481 e. The molecule has 112 valence electrons. The lowest BCUT2D eigenvalue weighted by Crippen LogP contribution is -2.15. The molecule has 2 heterocycles. The zero-order valence-corrected chi connectivity index (χ0v) is 11.4. The van der Waals surface area contributed by atoms with Crippen LogP contribution in [0.4, 0.5) is 5.82 Å². The van der Waals surface area contributed by atoms with Crippen LogP contribution in [0.3, 0.4) is 0 Å². The molecule has 2 rings (SSSR count). The topological polar surface area (TPSA) is 123 Å². The molecule has 2 N–H and O–H groups in total. The van der Waals surface area contributed by atoms with Gasteiger partial charge in [-0.1, -0.05) is 10.4 Å². The van der Waals surface area contributed by atoms with Crippen LogP contribution in [-0.2, 0) is 22.6 Å². The second kappa shape index (κ2) is 6.64. The molecule has 0 bridgehead atoms. The lowest BCUT2D eigenvalue weighted by atomic mass is 10.2. The third kappa shape index (κ3) is 4.71. The highest BCUT2D eigenvalue weighted by Crippen LogP contribution is 2.07. The van der Waals surface area contributed by atoms with Crippen molar-refractivity contribution in [1.29, 1.82) is 0 Å². The molecule has 0 spiro atoms. The number of hydrogen-bond acceptors (Lipinski definition) is 6. The lowest BCUT2D eigenvalue weighted by molar-refractivity contribution is -0.137. The number of nitrogens with zero attached hydrogens (tertiary/aromatic N) is 4. The van der Waals surface area contributed by atoms with Crippen molar-refractivity contribution >= 4 is 17.7 Å². The van der Waals surface area contributed by atoms with Crippen molar-refractivity contribution in [3.05, 3.63) is 23.7 Å². The first kappa shape index (κ1) is 14.7. The summed E-state index contributed by atoms with van der Waals surface area (Å²) >= 11 is 0. The quantitative estimate of drug-likeness (QED) is 0.766. The minimum absolute atomic E-state index is 0.00465. The van der Waals surface area contributed by atoms with Crippen LogP contribution in [0.2, 0.25) is 0 Å². The fourth-order valence-corrected chi connectivity index (χ4v) is 1.64. The van der Waals surface area contributed by atoms with Crippen LogP contribution in [0.15, 0.2) is 16.8 Å². The number of aromatic nitrogens is 4. The maximum atomic E-state index is 11.7. The van der Waals surface area contributed by atoms with Gasteiger partial charge in [0.1, 0.15) is 5.76 Å². The third-order valence-electron chi connectivity index (χ3n) is 2.64. The molecular formula is C12H15N5O4. The Labute approximate surface area is 119 Å². The summed E-state index contributed by atoms with van der Waals surface area (Å²) in [5, 5.41) is 22.5. The molecule has 0 aliphatic heterocycles. The Morgan fingerprint density at radius 1 is 1.43 bits per heavy atom. The van der Waals surface area contributed by atoms with Gasteiger partial charge in [-0.3, -0.25) is 14.3 Å². The number of hydrogen-bond donors (Lipinski definition) is 2. The predicted molar refractivity (Wildman–Crippen MR) is 70.5 cm³/mol. The van der Waals surface area contributed by atoms with E-state index in [0.29, 0.717) is 30.2 Å². The Morgan fingerprint density at radius 3 is 2.90 bits per heavy atom. The molecule has 0 aliphatic carbocycles. The average Bonchev–Trinajstić information content (AvgIpc) is 3.03. The lowest BCUT2D eigenvalue weighted by Gasteiger charge is -2.00. The van der Waals surface area contributed by atoms with Crippen molar-refractivity contribution in [3.63, 3.8) is 0 Å². The molecule has 0 saturated heterocycles. The van der Waals surface area contributed by atoms with E-state index in [-0.39, 0.29) is 18.7 Å². The van der Waals surface area contributed by atoms with Gasteiger partial charge in [0, 0.05) is 25.1 Å². The highest BCUT2D eigenvalue weighted by molar-refractivity contribution is 5.89. The van der Waals surface area contributed by atoms with Crippen LogP contribution < -0.4 is 5.32 Å². The van der Waals surface area contributed by atoms with Crippen molar-refractivity contribution in [1.82, 2.24) is 20.2 Å². The van der Waals surface area contributed by atoms with Crippen molar-refractivity contribution in [3.8, 4) is 0 Å². The van der Waals surface area contributed by atoms with Crippen LogP contribution in [-0.4, -0.2) is 37.1 Å². The number of rotatable bonds is 7. The monoisotopic (exact) mass is 293 g/mol. The molecule has 0 atom stereocenters. The summed E-state index contributed by atoms with van der Waals surface area (Å²) in [5.41, 5.74) is 0.588. The fraction of sp³-hybridized carbons (Fsp3) is 0.417. The predicted octanol–water partition coefficient (Wildman–Crippen LogP) is 0.621. The molecule has 0 aromatic carbocycles. The van der Waals surface area contributed by atoms with E-state index < -0.39 is 5.97 Å². The Balaban J connectivity index is 1.77. The fourth-order valence-electron chi connectivity index (χ4n) is 1.64. The van der Waals surface area contributed by atoms with Gasteiger partial charge in [-0.05, 0) is 6.92 Å². The van der Waals surface area contributed by atoms with Gasteiger partial charge in [-0.15, -0.1) is 5.10 Å². The van der Waals surface area contributed by atoms with E-state index >= 15 is 0 Å². The van der Waals surface area contributed by atoms with Crippen LogP contribution >= 0.6 is 0 Å². The molecule has 0 saturated carbocycles. The van der Waals surface area contributed by atoms with Gasteiger partial charge in [-0.25, -0.2) is 0 Å². The average molecular weight is 293 g/mol. The first-order valence-electron chi connectivity index (χ1n) is 6.37. The maximum Gasteiger partial charge on any atom is 0.303 e. The van der Waals surface area contributed by atoms with Gasteiger partial charge < -0.3 is 14.9 Å². The number of carboxylic acids is 1. The highest BCUT2D eigenvalue weighted by Gasteiger charge is 2.08. The molecule has 0 radical (unpaired) electrons. The highest BCUT2D eigenvalue weighted by atomic mass is 16.5. The Bertz CT molecular complexity index is 633. The summed E-state index contributed by atoms with van der Waals surface area (Å²) in [6, 6.07) is 1.62. The standard InChI is InChI=1S/C12H15N5O4/c1-8-6-10(15-21-8)13-11(18)4-5-17-7-9(14-16-17)2-3-12(19)20/h6-7H,2-5H2,1H3,(H,19,20)(H,13,15,18).